The summed E-state index contributed by atoms with van der Waals surface area (Å²) in [4.78, 5) is 19.8. The topological polar surface area (TPSA) is 88.2 Å². The molecule has 1 amide bonds. The molecule has 0 aromatic heterocycles. The van der Waals surface area contributed by atoms with Crippen LogP contribution >= 0.6 is 0 Å². The van der Waals surface area contributed by atoms with Gasteiger partial charge in [0.1, 0.15) is 5.75 Å². The van der Waals surface area contributed by atoms with E-state index in [4.69, 9.17) is 9.57 Å². The fourth-order valence-corrected chi connectivity index (χ4v) is 4.26. The van der Waals surface area contributed by atoms with Gasteiger partial charge < -0.3 is 10.1 Å². The molecule has 0 saturated heterocycles. The third-order valence-corrected chi connectivity index (χ3v) is 6.89. The Morgan fingerprint density at radius 3 is 2.26 bits per heavy atom. The molecular formula is C22H31N3O5S. The maximum atomic E-state index is 12.7. The van der Waals surface area contributed by atoms with E-state index in [-0.39, 0.29) is 16.8 Å². The molecule has 1 unspecified atom stereocenters. The molecule has 0 saturated carbocycles. The molecule has 0 radical (unpaired) electrons. The van der Waals surface area contributed by atoms with Crippen LogP contribution in [0.1, 0.15) is 35.8 Å². The van der Waals surface area contributed by atoms with Crippen LogP contribution < -0.4 is 10.1 Å². The van der Waals surface area contributed by atoms with Crippen molar-refractivity contribution in [3.05, 3.63) is 59.7 Å². The van der Waals surface area contributed by atoms with E-state index in [1.54, 1.807) is 7.11 Å². The van der Waals surface area contributed by atoms with Gasteiger partial charge in [0.15, 0.2) is 0 Å². The minimum Gasteiger partial charge on any atom is -0.497 e. The van der Waals surface area contributed by atoms with Crippen LogP contribution in [0, 0.1) is 0 Å². The Labute approximate surface area is 184 Å². The molecule has 0 bridgehead atoms. The van der Waals surface area contributed by atoms with Gasteiger partial charge >= 0.3 is 0 Å². The van der Waals surface area contributed by atoms with E-state index in [1.807, 2.05) is 24.3 Å². The summed E-state index contributed by atoms with van der Waals surface area (Å²) in [7, 11) is 0.449. The lowest BCUT2D eigenvalue weighted by Gasteiger charge is -2.30. The first-order valence-corrected chi connectivity index (χ1v) is 11.5. The Morgan fingerprint density at radius 1 is 1.06 bits per heavy atom. The number of amides is 1. The van der Waals surface area contributed by atoms with Crippen molar-refractivity contribution in [2.45, 2.75) is 24.8 Å². The van der Waals surface area contributed by atoms with Gasteiger partial charge in [-0.3, -0.25) is 14.5 Å². The van der Waals surface area contributed by atoms with Crippen molar-refractivity contribution in [1.82, 2.24) is 14.7 Å². The lowest BCUT2D eigenvalue weighted by Crippen LogP contribution is -2.38. The molecule has 1 atom stereocenters. The lowest BCUT2D eigenvalue weighted by molar-refractivity contribution is -0.0258. The van der Waals surface area contributed by atoms with Gasteiger partial charge in [0.2, 0.25) is 0 Å². The van der Waals surface area contributed by atoms with Crippen molar-refractivity contribution in [1.29, 1.82) is 0 Å². The summed E-state index contributed by atoms with van der Waals surface area (Å²) >= 11 is 0. The van der Waals surface area contributed by atoms with E-state index in [1.165, 1.54) is 38.4 Å². The SMILES string of the molecule is CCN(CC)C(CNC(=O)c1ccc(S(=O)(=O)N(C)OC)cc1)c1cccc(OC)c1. The predicted molar refractivity (Wildman–Crippen MR) is 119 cm³/mol. The first kappa shape index (κ1) is 24.8. The smallest absolute Gasteiger partial charge is 0.264 e. The number of hydrogen-bond acceptors (Lipinski definition) is 6. The van der Waals surface area contributed by atoms with E-state index in [0.29, 0.717) is 12.1 Å². The van der Waals surface area contributed by atoms with Gasteiger partial charge in [-0.25, -0.2) is 8.42 Å². The number of rotatable bonds is 11. The highest BCUT2D eigenvalue weighted by Gasteiger charge is 2.22. The Hall–Kier alpha value is -2.46. The van der Waals surface area contributed by atoms with E-state index in [9.17, 15) is 13.2 Å². The van der Waals surface area contributed by atoms with Gasteiger partial charge in [0.25, 0.3) is 15.9 Å². The van der Waals surface area contributed by atoms with Crippen LogP contribution in [-0.2, 0) is 14.9 Å². The molecule has 0 aliphatic heterocycles. The molecule has 9 heteroatoms. The zero-order chi connectivity index (χ0) is 23.0. The molecule has 2 aromatic rings. The average molecular weight is 450 g/mol. The average Bonchev–Trinajstić information content (AvgIpc) is 2.80. The molecule has 2 rings (SSSR count). The largest absolute Gasteiger partial charge is 0.497 e. The van der Waals surface area contributed by atoms with Crippen LogP contribution in [0.15, 0.2) is 53.4 Å². The number of methoxy groups -OCH3 is 1. The minimum absolute atomic E-state index is 0.0240. The van der Waals surface area contributed by atoms with Gasteiger partial charge in [0.05, 0.1) is 25.2 Å². The van der Waals surface area contributed by atoms with Crippen LogP contribution in [-0.4, -0.2) is 64.6 Å². The number of likely N-dealkylation sites (N-methyl/N-ethyl adjacent to an activating group) is 1. The zero-order valence-electron chi connectivity index (χ0n) is 18.7. The second-order valence-electron chi connectivity index (χ2n) is 6.85. The van der Waals surface area contributed by atoms with Crippen LogP contribution in [0.25, 0.3) is 0 Å². The summed E-state index contributed by atoms with van der Waals surface area (Å²) in [6, 6.07) is 13.6. The number of hydroxylamine groups is 1. The predicted octanol–water partition coefficient (Wildman–Crippen LogP) is 2.69. The molecule has 0 aliphatic rings. The fraction of sp³-hybridized carbons (Fsp3) is 0.409. The monoisotopic (exact) mass is 449 g/mol. The van der Waals surface area contributed by atoms with Crippen molar-refractivity contribution in [3.63, 3.8) is 0 Å². The molecule has 0 fully saturated rings. The summed E-state index contributed by atoms with van der Waals surface area (Å²) < 4.78 is 30.7. The minimum atomic E-state index is -3.76. The van der Waals surface area contributed by atoms with Crippen LogP contribution in [0.5, 0.6) is 5.75 Å². The molecule has 8 nitrogen and oxygen atoms in total. The van der Waals surface area contributed by atoms with E-state index in [0.717, 1.165) is 28.9 Å². The van der Waals surface area contributed by atoms with Crippen molar-refractivity contribution >= 4 is 15.9 Å². The maximum Gasteiger partial charge on any atom is 0.264 e. The Kier molecular flexibility index (Phi) is 9.00. The number of nitrogens with one attached hydrogen (secondary N) is 1. The number of nitrogens with zero attached hydrogens (tertiary/aromatic N) is 2. The number of carbonyl (C=O) groups excluding carboxylic acids is 1. The highest BCUT2D eigenvalue weighted by Crippen LogP contribution is 2.24. The van der Waals surface area contributed by atoms with Gasteiger partial charge in [-0.05, 0) is 55.1 Å². The van der Waals surface area contributed by atoms with Crippen molar-refractivity contribution < 1.29 is 22.8 Å². The molecular weight excluding hydrogens is 418 g/mol. The number of sulfonamides is 1. The number of hydrogen-bond donors (Lipinski definition) is 1. The van der Waals surface area contributed by atoms with Crippen molar-refractivity contribution in [2.24, 2.45) is 0 Å². The zero-order valence-corrected chi connectivity index (χ0v) is 19.5. The molecule has 0 heterocycles. The molecule has 0 aliphatic carbocycles. The molecule has 170 valence electrons. The summed E-state index contributed by atoms with van der Waals surface area (Å²) in [5, 5.41) is 2.97. The van der Waals surface area contributed by atoms with E-state index in [2.05, 4.69) is 24.1 Å². The van der Waals surface area contributed by atoms with Crippen molar-refractivity contribution in [3.8, 4) is 5.75 Å². The van der Waals surface area contributed by atoms with Gasteiger partial charge in [-0.2, -0.15) is 0 Å². The number of ether oxygens (including phenoxy) is 1. The third kappa shape index (κ3) is 6.04. The summed E-state index contributed by atoms with van der Waals surface area (Å²) in [6.07, 6.45) is 0. The highest BCUT2D eigenvalue weighted by molar-refractivity contribution is 7.89. The number of benzene rings is 2. The fourth-order valence-electron chi connectivity index (χ4n) is 3.29. The highest BCUT2D eigenvalue weighted by atomic mass is 32.2. The Balaban J connectivity index is 2.17. The van der Waals surface area contributed by atoms with Gasteiger partial charge in [-0.15, -0.1) is 0 Å². The molecule has 31 heavy (non-hydrogen) atoms. The van der Waals surface area contributed by atoms with Gasteiger partial charge in [0, 0.05) is 19.2 Å². The van der Waals surface area contributed by atoms with Gasteiger partial charge in [-0.1, -0.05) is 30.4 Å². The second kappa shape index (κ2) is 11.2. The molecule has 2 aromatic carbocycles. The normalized spacial score (nSPS) is 12.7. The Morgan fingerprint density at radius 2 is 1.71 bits per heavy atom. The molecule has 1 N–H and O–H groups in total. The molecule has 0 spiro atoms. The van der Waals surface area contributed by atoms with Crippen LogP contribution in [0.4, 0.5) is 0 Å². The first-order chi connectivity index (χ1) is 14.8. The lowest BCUT2D eigenvalue weighted by atomic mass is 10.0. The van der Waals surface area contributed by atoms with Crippen molar-refractivity contribution in [2.75, 3.05) is 40.9 Å². The van der Waals surface area contributed by atoms with E-state index >= 15 is 0 Å². The summed E-state index contributed by atoms with van der Waals surface area (Å²) in [5.41, 5.74) is 1.43. The quantitative estimate of drug-likeness (QED) is 0.531. The maximum absolute atomic E-state index is 12.7. The van der Waals surface area contributed by atoms with Crippen LogP contribution in [0.3, 0.4) is 0 Å². The first-order valence-electron chi connectivity index (χ1n) is 10.1. The standard InChI is InChI=1S/C22H31N3O5S/c1-6-25(7-2)21(18-9-8-10-19(15-18)29-4)16-23-22(26)17-11-13-20(14-12-17)31(27,28)24(3)30-5/h8-15,21H,6-7,16H2,1-5H3,(H,23,26). The summed E-state index contributed by atoms with van der Waals surface area (Å²) in [5.74, 6) is 0.489. The number of carbonyl (C=O) groups is 1. The second-order valence-corrected chi connectivity index (χ2v) is 8.78. The summed E-state index contributed by atoms with van der Waals surface area (Å²) in [6.45, 7) is 6.21. The van der Waals surface area contributed by atoms with E-state index < -0.39 is 10.0 Å². The van der Waals surface area contributed by atoms with Crippen LogP contribution in [0.2, 0.25) is 0 Å². The Bertz CT molecular complexity index is 959. The third-order valence-electron chi connectivity index (χ3n) is 5.20.